The van der Waals surface area contributed by atoms with Crippen LogP contribution in [0.2, 0.25) is 0 Å². The number of terminal acetylenes is 1. The highest BCUT2D eigenvalue weighted by Gasteiger charge is 1.97. The highest BCUT2D eigenvalue weighted by Crippen LogP contribution is 1.83. The average molecular weight is 108 g/mol. The molecule has 2 heteroatoms. The Balaban J connectivity index is 3.45. The standard InChI is InChI=1S/C6H8N2/c1-3-4-6(5-7)8-2/h1,6,8H,4H2,2H3. The van der Waals surface area contributed by atoms with Gasteiger partial charge in [-0.2, -0.15) is 5.26 Å². The smallest absolute Gasteiger partial charge is 0.106 e. The zero-order valence-corrected chi connectivity index (χ0v) is 4.81. The number of rotatable bonds is 2. The van der Waals surface area contributed by atoms with Gasteiger partial charge in [-0.15, -0.1) is 12.3 Å². The third-order valence-electron chi connectivity index (χ3n) is 0.826. The van der Waals surface area contributed by atoms with Crippen LogP contribution in [-0.4, -0.2) is 13.1 Å². The SMILES string of the molecule is C#CCC(C#N)NC. The number of hydrogen-bond acceptors (Lipinski definition) is 2. The van der Waals surface area contributed by atoms with Gasteiger partial charge in [0.15, 0.2) is 0 Å². The molecular formula is C6H8N2. The van der Waals surface area contributed by atoms with E-state index in [1.165, 1.54) is 0 Å². The van der Waals surface area contributed by atoms with E-state index in [2.05, 4.69) is 11.2 Å². The van der Waals surface area contributed by atoms with Crippen molar-refractivity contribution in [1.82, 2.24) is 5.32 Å². The predicted octanol–water partition coefficient (Wildman–Crippen LogP) is 0.121. The minimum Gasteiger partial charge on any atom is -0.304 e. The topological polar surface area (TPSA) is 35.8 Å². The predicted molar refractivity (Wildman–Crippen MR) is 31.9 cm³/mol. The van der Waals surface area contributed by atoms with Gasteiger partial charge in [-0.3, -0.25) is 0 Å². The molecule has 0 spiro atoms. The fourth-order valence-electron chi connectivity index (χ4n) is 0.330. The van der Waals surface area contributed by atoms with Crippen LogP contribution in [0.5, 0.6) is 0 Å². The van der Waals surface area contributed by atoms with Gasteiger partial charge >= 0.3 is 0 Å². The summed E-state index contributed by atoms with van der Waals surface area (Å²) in [5.41, 5.74) is 0. The maximum Gasteiger partial charge on any atom is 0.106 e. The molecule has 0 aliphatic carbocycles. The molecule has 0 amide bonds. The van der Waals surface area contributed by atoms with E-state index in [1.54, 1.807) is 7.05 Å². The van der Waals surface area contributed by atoms with Gasteiger partial charge in [-0.1, -0.05) is 0 Å². The third kappa shape index (κ3) is 2.23. The summed E-state index contributed by atoms with van der Waals surface area (Å²) in [7, 11) is 1.71. The summed E-state index contributed by atoms with van der Waals surface area (Å²) >= 11 is 0. The minimum absolute atomic E-state index is 0.181. The van der Waals surface area contributed by atoms with Crippen molar-refractivity contribution in [2.45, 2.75) is 12.5 Å². The van der Waals surface area contributed by atoms with Gasteiger partial charge in [-0.05, 0) is 7.05 Å². The lowest BCUT2D eigenvalue weighted by Gasteiger charge is -1.98. The molecule has 0 radical (unpaired) electrons. The van der Waals surface area contributed by atoms with Crippen molar-refractivity contribution in [3.8, 4) is 18.4 Å². The van der Waals surface area contributed by atoms with Gasteiger partial charge in [0.1, 0.15) is 6.04 Å². The molecule has 0 heterocycles. The number of nitrogens with zero attached hydrogens (tertiary/aromatic N) is 1. The number of nitrogens with one attached hydrogen (secondary N) is 1. The maximum atomic E-state index is 8.25. The van der Waals surface area contributed by atoms with E-state index < -0.39 is 0 Å². The summed E-state index contributed by atoms with van der Waals surface area (Å²) in [6.45, 7) is 0. The maximum absolute atomic E-state index is 8.25. The summed E-state index contributed by atoms with van der Waals surface area (Å²) < 4.78 is 0. The first-order valence-electron chi connectivity index (χ1n) is 2.35. The fraction of sp³-hybridized carbons (Fsp3) is 0.500. The Morgan fingerprint density at radius 3 is 2.62 bits per heavy atom. The van der Waals surface area contributed by atoms with E-state index in [0.717, 1.165) is 0 Å². The highest BCUT2D eigenvalue weighted by molar-refractivity contribution is 4.99. The van der Waals surface area contributed by atoms with Gasteiger partial charge in [0.25, 0.3) is 0 Å². The number of hydrogen-bond donors (Lipinski definition) is 1. The Hall–Kier alpha value is -0.990. The summed E-state index contributed by atoms with van der Waals surface area (Å²) in [5.74, 6) is 2.38. The van der Waals surface area contributed by atoms with Crippen LogP contribution in [0, 0.1) is 23.7 Å². The first-order valence-corrected chi connectivity index (χ1v) is 2.35. The lowest BCUT2D eigenvalue weighted by molar-refractivity contribution is 0.698. The molecule has 0 saturated carbocycles. The van der Waals surface area contributed by atoms with Gasteiger partial charge < -0.3 is 5.32 Å². The lowest BCUT2D eigenvalue weighted by atomic mass is 10.2. The average Bonchev–Trinajstić information content (AvgIpc) is 1.83. The molecular weight excluding hydrogens is 100 g/mol. The van der Waals surface area contributed by atoms with E-state index >= 15 is 0 Å². The Bertz CT molecular complexity index is 126. The monoisotopic (exact) mass is 108 g/mol. The van der Waals surface area contributed by atoms with Crippen LogP contribution in [0.25, 0.3) is 0 Å². The van der Waals surface area contributed by atoms with Crippen molar-refractivity contribution in [2.24, 2.45) is 0 Å². The quantitative estimate of drug-likeness (QED) is 0.510. The molecule has 0 bridgehead atoms. The summed E-state index contributed by atoms with van der Waals surface area (Å²) in [5, 5.41) is 11.0. The van der Waals surface area contributed by atoms with Crippen molar-refractivity contribution >= 4 is 0 Å². The molecule has 8 heavy (non-hydrogen) atoms. The van der Waals surface area contributed by atoms with Crippen molar-refractivity contribution in [3.05, 3.63) is 0 Å². The van der Waals surface area contributed by atoms with Gasteiger partial charge in [0, 0.05) is 6.42 Å². The molecule has 0 saturated heterocycles. The molecule has 0 aromatic carbocycles. The summed E-state index contributed by atoms with van der Waals surface area (Å²) in [4.78, 5) is 0. The van der Waals surface area contributed by atoms with Crippen LogP contribution in [0.1, 0.15) is 6.42 Å². The van der Waals surface area contributed by atoms with Crippen LogP contribution >= 0.6 is 0 Å². The van der Waals surface area contributed by atoms with E-state index in [1.807, 2.05) is 6.07 Å². The zero-order valence-electron chi connectivity index (χ0n) is 4.81. The Morgan fingerprint density at radius 2 is 2.50 bits per heavy atom. The first-order chi connectivity index (χ1) is 3.85. The van der Waals surface area contributed by atoms with E-state index in [4.69, 9.17) is 11.7 Å². The normalized spacial score (nSPS) is 11.4. The van der Waals surface area contributed by atoms with Crippen LogP contribution < -0.4 is 5.32 Å². The molecule has 1 unspecified atom stereocenters. The summed E-state index contributed by atoms with van der Waals surface area (Å²) in [6, 6.07) is 1.82. The van der Waals surface area contributed by atoms with Gasteiger partial charge in [0.05, 0.1) is 6.07 Å². The molecule has 2 nitrogen and oxygen atoms in total. The van der Waals surface area contributed by atoms with Crippen LogP contribution in [0.4, 0.5) is 0 Å². The van der Waals surface area contributed by atoms with Crippen molar-refractivity contribution in [3.63, 3.8) is 0 Å². The minimum atomic E-state index is -0.181. The van der Waals surface area contributed by atoms with Crippen LogP contribution in [0.15, 0.2) is 0 Å². The van der Waals surface area contributed by atoms with Crippen molar-refractivity contribution < 1.29 is 0 Å². The van der Waals surface area contributed by atoms with E-state index in [0.29, 0.717) is 6.42 Å². The molecule has 0 aromatic heterocycles. The second-order valence-electron chi connectivity index (χ2n) is 1.38. The summed E-state index contributed by atoms with van der Waals surface area (Å²) in [6.07, 6.45) is 5.42. The second-order valence-corrected chi connectivity index (χ2v) is 1.38. The molecule has 0 aromatic rings. The largest absolute Gasteiger partial charge is 0.304 e. The Morgan fingerprint density at radius 1 is 1.88 bits per heavy atom. The molecule has 0 aliphatic heterocycles. The van der Waals surface area contributed by atoms with Crippen LogP contribution in [0.3, 0.4) is 0 Å². The Kier molecular flexibility index (Phi) is 3.66. The molecule has 0 fully saturated rings. The molecule has 1 atom stereocenters. The van der Waals surface area contributed by atoms with Crippen molar-refractivity contribution in [2.75, 3.05) is 7.05 Å². The lowest BCUT2D eigenvalue weighted by Crippen LogP contribution is -2.21. The van der Waals surface area contributed by atoms with E-state index in [9.17, 15) is 0 Å². The molecule has 0 rings (SSSR count). The van der Waals surface area contributed by atoms with Gasteiger partial charge in [-0.25, -0.2) is 0 Å². The molecule has 1 N–H and O–H groups in total. The second kappa shape index (κ2) is 4.18. The third-order valence-corrected chi connectivity index (χ3v) is 0.826. The zero-order chi connectivity index (χ0) is 6.41. The number of nitriles is 1. The fourth-order valence-corrected chi connectivity index (χ4v) is 0.330. The van der Waals surface area contributed by atoms with E-state index in [-0.39, 0.29) is 6.04 Å². The Labute approximate surface area is 49.5 Å². The highest BCUT2D eigenvalue weighted by atomic mass is 14.9. The molecule has 42 valence electrons. The van der Waals surface area contributed by atoms with Crippen molar-refractivity contribution in [1.29, 1.82) is 5.26 Å². The first kappa shape index (κ1) is 7.01. The molecule has 0 aliphatic rings. The van der Waals surface area contributed by atoms with Gasteiger partial charge in [0.2, 0.25) is 0 Å². The van der Waals surface area contributed by atoms with Crippen LogP contribution in [-0.2, 0) is 0 Å².